The predicted molar refractivity (Wildman–Crippen MR) is 63.7 cm³/mol. The molecule has 0 aliphatic carbocycles. The van der Waals surface area contributed by atoms with Gasteiger partial charge in [-0.3, -0.25) is 4.90 Å². The maximum atomic E-state index is 13.7. The Hall–Kier alpha value is -1.13. The average Bonchev–Trinajstić information content (AvgIpc) is 2.31. The Morgan fingerprint density at radius 2 is 2.06 bits per heavy atom. The molecule has 0 unspecified atom stereocenters. The highest BCUT2D eigenvalue weighted by molar-refractivity contribution is 5.53. The Bertz CT molecular complexity index is 373. The number of rotatable bonds is 2. The van der Waals surface area contributed by atoms with Crippen molar-refractivity contribution in [3.63, 3.8) is 0 Å². The van der Waals surface area contributed by atoms with Crippen molar-refractivity contribution >= 4 is 5.69 Å². The van der Waals surface area contributed by atoms with E-state index < -0.39 is 0 Å². The molecule has 88 valence electrons. The number of hydrogen-bond acceptors (Lipinski definition) is 3. The SMILES string of the molecule is Cc1ccc(F)c(CN2CCNCC2)c1N. The number of hydrogen-bond donors (Lipinski definition) is 2. The first-order chi connectivity index (χ1) is 7.68. The lowest BCUT2D eigenvalue weighted by Crippen LogP contribution is -2.43. The minimum atomic E-state index is -0.193. The van der Waals surface area contributed by atoms with Crippen LogP contribution in [0.25, 0.3) is 0 Å². The van der Waals surface area contributed by atoms with Crippen LogP contribution in [0.2, 0.25) is 0 Å². The number of nitrogens with two attached hydrogens (primary N) is 1. The van der Waals surface area contributed by atoms with Crippen LogP contribution in [0, 0.1) is 12.7 Å². The molecule has 3 nitrogen and oxygen atoms in total. The number of nitrogens with one attached hydrogen (secondary N) is 1. The summed E-state index contributed by atoms with van der Waals surface area (Å²) in [7, 11) is 0. The maximum absolute atomic E-state index is 13.7. The molecule has 1 aliphatic rings. The molecule has 0 saturated carbocycles. The lowest BCUT2D eigenvalue weighted by molar-refractivity contribution is 0.231. The van der Waals surface area contributed by atoms with Crippen LogP contribution in [0.4, 0.5) is 10.1 Å². The van der Waals surface area contributed by atoms with Crippen LogP contribution in [0.1, 0.15) is 11.1 Å². The number of anilines is 1. The summed E-state index contributed by atoms with van der Waals surface area (Å²) >= 11 is 0. The third-order valence-electron chi connectivity index (χ3n) is 3.11. The summed E-state index contributed by atoms with van der Waals surface area (Å²) in [4.78, 5) is 2.23. The minimum absolute atomic E-state index is 0.193. The van der Waals surface area contributed by atoms with Gasteiger partial charge in [0.25, 0.3) is 0 Å². The fraction of sp³-hybridized carbons (Fsp3) is 0.500. The lowest BCUT2D eigenvalue weighted by atomic mass is 10.1. The number of nitrogen functional groups attached to an aromatic ring is 1. The summed E-state index contributed by atoms with van der Waals surface area (Å²) < 4.78 is 13.7. The van der Waals surface area contributed by atoms with Crippen molar-refractivity contribution in [3.8, 4) is 0 Å². The predicted octanol–water partition coefficient (Wildman–Crippen LogP) is 1.12. The first-order valence-electron chi connectivity index (χ1n) is 5.65. The van der Waals surface area contributed by atoms with E-state index in [0.29, 0.717) is 17.8 Å². The average molecular weight is 223 g/mol. The smallest absolute Gasteiger partial charge is 0.129 e. The molecule has 1 saturated heterocycles. The molecule has 1 aromatic carbocycles. The number of piperazine rings is 1. The van der Waals surface area contributed by atoms with Gasteiger partial charge in [-0.15, -0.1) is 0 Å². The van der Waals surface area contributed by atoms with E-state index in [9.17, 15) is 4.39 Å². The molecule has 0 bridgehead atoms. The highest BCUT2D eigenvalue weighted by Gasteiger charge is 2.15. The Morgan fingerprint density at radius 3 is 2.75 bits per heavy atom. The van der Waals surface area contributed by atoms with Crippen LogP contribution < -0.4 is 11.1 Å². The zero-order valence-corrected chi connectivity index (χ0v) is 9.59. The Kier molecular flexibility index (Phi) is 3.41. The van der Waals surface area contributed by atoms with E-state index in [1.165, 1.54) is 6.07 Å². The van der Waals surface area contributed by atoms with Gasteiger partial charge in [0.2, 0.25) is 0 Å². The second-order valence-electron chi connectivity index (χ2n) is 4.28. The largest absolute Gasteiger partial charge is 0.398 e. The highest BCUT2D eigenvalue weighted by atomic mass is 19.1. The molecule has 0 amide bonds. The Balaban J connectivity index is 2.16. The van der Waals surface area contributed by atoms with Crippen LogP contribution in [-0.2, 0) is 6.54 Å². The molecule has 0 radical (unpaired) electrons. The molecule has 0 aromatic heterocycles. The van der Waals surface area contributed by atoms with E-state index in [0.717, 1.165) is 31.7 Å². The van der Waals surface area contributed by atoms with Crippen LogP contribution >= 0.6 is 0 Å². The molecule has 1 fully saturated rings. The third-order valence-corrected chi connectivity index (χ3v) is 3.11. The number of aryl methyl sites for hydroxylation is 1. The molecule has 0 atom stereocenters. The first-order valence-corrected chi connectivity index (χ1v) is 5.65. The molecule has 2 rings (SSSR count). The standard InChI is InChI=1S/C12H18FN3/c1-9-2-3-11(13)10(12(9)14)8-16-6-4-15-5-7-16/h2-3,15H,4-8,14H2,1H3. The van der Waals surface area contributed by atoms with E-state index >= 15 is 0 Å². The summed E-state index contributed by atoms with van der Waals surface area (Å²) in [5.41, 5.74) is 8.11. The second-order valence-corrected chi connectivity index (χ2v) is 4.28. The number of benzene rings is 1. The molecule has 16 heavy (non-hydrogen) atoms. The van der Waals surface area contributed by atoms with Gasteiger partial charge in [-0.05, 0) is 18.6 Å². The Morgan fingerprint density at radius 1 is 1.38 bits per heavy atom. The molecule has 1 aliphatic heterocycles. The molecule has 1 heterocycles. The van der Waals surface area contributed by atoms with Gasteiger partial charge in [0.1, 0.15) is 5.82 Å². The van der Waals surface area contributed by atoms with Gasteiger partial charge < -0.3 is 11.1 Å². The first kappa shape index (κ1) is 11.4. The van der Waals surface area contributed by atoms with E-state index in [1.807, 2.05) is 6.92 Å². The summed E-state index contributed by atoms with van der Waals surface area (Å²) in [5.74, 6) is -0.193. The number of halogens is 1. The van der Waals surface area contributed by atoms with Crippen molar-refractivity contribution < 1.29 is 4.39 Å². The summed E-state index contributed by atoms with van der Waals surface area (Å²) in [6.07, 6.45) is 0. The molecular weight excluding hydrogens is 205 g/mol. The van der Waals surface area contributed by atoms with Crippen molar-refractivity contribution in [1.29, 1.82) is 0 Å². The van der Waals surface area contributed by atoms with Gasteiger partial charge in [0, 0.05) is 44.0 Å². The van der Waals surface area contributed by atoms with Gasteiger partial charge >= 0.3 is 0 Å². The van der Waals surface area contributed by atoms with Gasteiger partial charge in [0.15, 0.2) is 0 Å². The van der Waals surface area contributed by atoms with Crippen molar-refractivity contribution in [2.45, 2.75) is 13.5 Å². The molecule has 1 aromatic rings. The number of nitrogens with zero attached hydrogens (tertiary/aromatic N) is 1. The fourth-order valence-corrected chi connectivity index (χ4v) is 2.01. The third kappa shape index (κ3) is 2.33. The van der Waals surface area contributed by atoms with E-state index in [2.05, 4.69) is 10.2 Å². The maximum Gasteiger partial charge on any atom is 0.129 e. The Labute approximate surface area is 95.4 Å². The van der Waals surface area contributed by atoms with Crippen molar-refractivity contribution in [1.82, 2.24) is 10.2 Å². The monoisotopic (exact) mass is 223 g/mol. The van der Waals surface area contributed by atoms with E-state index in [4.69, 9.17) is 5.73 Å². The van der Waals surface area contributed by atoms with Crippen LogP contribution in [0.3, 0.4) is 0 Å². The summed E-state index contributed by atoms with van der Waals surface area (Å²) in [5, 5.41) is 3.27. The zero-order valence-electron chi connectivity index (χ0n) is 9.59. The van der Waals surface area contributed by atoms with Gasteiger partial charge in [-0.2, -0.15) is 0 Å². The quantitative estimate of drug-likeness (QED) is 0.738. The van der Waals surface area contributed by atoms with Crippen LogP contribution in [0.15, 0.2) is 12.1 Å². The minimum Gasteiger partial charge on any atom is -0.398 e. The van der Waals surface area contributed by atoms with E-state index in [-0.39, 0.29) is 5.82 Å². The second kappa shape index (κ2) is 4.80. The normalized spacial score (nSPS) is 17.6. The zero-order chi connectivity index (χ0) is 11.5. The lowest BCUT2D eigenvalue weighted by Gasteiger charge is -2.28. The summed E-state index contributed by atoms with van der Waals surface area (Å²) in [6, 6.07) is 3.23. The fourth-order valence-electron chi connectivity index (χ4n) is 2.01. The van der Waals surface area contributed by atoms with Crippen molar-refractivity contribution in [2.75, 3.05) is 31.9 Å². The topological polar surface area (TPSA) is 41.3 Å². The van der Waals surface area contributed by atoms with E-state index in [1.54, 1.807) is 6.07 Å². The van der Waals surface area contributed by atoms with Gasteiger partial charge in [-0.25, -0.2) is 4.39 Å². The molecule has 3 N–H and O–H groups in total. The van der Waals surface area contributed by atoms with Crippen LogP contribution in [0.5, 0.6) is 0 Å². The molecule has 0 spiro atoms. The molecule has 4 heteroatoms. The van der Waals surface area contributed by atoms with Crippen molar-refractivity contribution in [2.24, 2.45) is 0 Å². The highest BCUT2D eigenvalue weighted by Crippen LogP contribution is 2.22. The van der Waals surface area contributed by atoms with Gasteiger partial charge in [-0.1, -0.05) is 6.07 Å². The summed E-state index contributed by atoms with van der Waals surface area (Å²) in [6.45, 7) is 6.36. The van der Waals surface area contributed by atoms with Gasteiger partial charge in [0.05, 0.1) is 0 Å². The molecular formula is C12H18FN3. The van der Waals surface area contributed by atoms with Crippen molar-refractivity contribution in [3.05, 3.63) is 29.1 Å². The van der Waals surface area contributed by atoms with Crippen LogP contribution in [-0.4, -0.2) is 31.1 Å².